The lowest BCUT2D eigenvalue weighted by molar-refractivity contribution is 0.102. The van der Waals surface area contributed by atoms with Crippen LogP contribution >= 0.6 is 11.8 Å². The number of thioether (sulfide) groups is 1. The van der Waals surface area contributed by atoms with Gasteiger partial charge in [-0.25, -0.2) is 0 Å². The molecule has 0 atom stereocenters. The Balaban J connectivity index is 3.37. The molecule has 0 aromatic carbocycles. The summed E-state index contributed by atoms with van der Waals surface area (Å²) in [5.41, 5.74) is 0. The highest BCUT2D eigenvalue weighted by molar-refractivity contribution is 8.00. The first-order valence-electron chi connectivity index (χ1n) is 2.43. The summed E-state index contributed by atoms with van der Waals surface area (Å²) in [6.07, 6.45) is -0.104. The zero-order valence-electron chi connectivity index (χ0n) is 4.79. The third-order valence-electron chi connectivity index (χ3n) is 0.725. The zero-order chi connectivity index (χ0) is 6.62. The summed E-state index contributed by atoms with van der Waals surface area (Å²) in [6, 6.07) is 0. The third kappa shape index (κ3) is 3.24. The molecule has 0 aromatic rings. The van der Waals surface area contributed by atoms with E-state index in [-0.39, 0.29) is 12.2 Å². The van der Waals surface area contributed by atoms with Crippen LogP contribution in [0.1, 0.15) is 13.3 Å². The molecule has 3 heteroatoms. The number of alkyl halides is 2. The molecule has 0 aliphatic carbocycles. The van der Waals surface area contributed by atoms with Crippen molar-refractivity contribution in [3.63, 3.8) is 0 Å². The molecular formula is C5H9F2S. The molecule has 0 fully saturated rings. The lowest BCUT2D eigenvalue weighted by Gasteiger charge is -2.09. The van der Waals surface area contributed by atoms with Gasteiger partial charge >= 0.3 is 0 Å². The molecule has 0 heterocycles. The molecule has 0 nitrogen and oxygen atoms in total. The van der Waals surface area contributed by atoms with Gasteiger partial charge in [0, 0.05) is 6.42 Å². The normalized spacial score (nSPS) is 12.0. The Morgan fingerprint density at radius 1 is 1.62 bits per heavy atom. The first-order chi connectivity index (χ1) is 3.62. The highest BCUT2D eigenvalue weighted by atomic mass is 32.2. The minimum Gasteiger partial charge on any atom is -0.194 e. The molecule has 49 valence electrons. The van der Waals surface area contributed by atoms with Gasteiger partial charge in [-0.1, -0.05) is 18.7 Å². The van der Waals surface area contributed by atoms with Crippen molar-refractivity contribution in [2.75, 3.05) is 5.75 Å². The number of hydrogen-bond donors (Lipinski definition) is 0. The fourth-order valence-electron chi connectivity index (χ4n) is 0.251. The van der Waals surface area contributed by atoms with Gasteiger partial charge in [0.2, 0.25) is 0 Å². The molecule has 0 bridgehead atoms. The van der Waals surface area contributed by atoms with E-state index in [0.717, 1.165) is 0 Å². The van der Waals surface area contributed by atoms with E-state index in [0.29, 0.717) is 11.8 Å². The van der Waals surface area contributed by atoms with E-state index in [2.05, 4.69) is 6.92 Å². The summed E-state index contributed by atoms with van der Waals surface area (Å²) >= 11 is 0.589. The minimum absolute atomic E-state index is 0.104. The van der Waals surface area contributed by atoms with Crippen molar-refractivity contribution < 1.29 is 8.78 Å². The van der Waals surface area contributed by atoms with Crippen molar-refractivity contribution in [3.8, 4) is 0 Å². The summed E-state index contributed by atoms with van der Waals surface area (Å²) in [4.78, 5) is 0. The lowest BCUT2D eigenvalue weighted by Crippen LogP contribution is -2.07. The second kappa shape index (κ2) is 3.28. The van der Waals surface area contributed by atoms with E-state index >= 15 is 0 Å². The Labute approximate surface area is 52.7 Å². The molecule has 0 N–H and O–H groups in total. The second-order valence-corrected chi connectivity index (χ2v) is 2.63. The number of halogens is 2. The highest BCUT2D eigenvalue weighted by Crippen LogP contribution is 2.31. The van der Waals surface area contributed by atoms with Crippen molar-refractivity contribution in [3.05, 3.63) is 6.92 Å². The Hall–Kier alpha value is 0.210. The maximum absolute atomic E-state index is 12.1. The fourth-order valence-corrected chi connectivity index (χ4v) is 0.754. The van der Waals surface area contributed by atoms with Gasteiger partial charge < -0.3 is 0 Å². The van der Waals surface area contributed by atoms with Crippen LogP contribution < -0.4 is 0 Å². The van der Waals surface area contributed by atoms with E-state index in [9.17, 15) is 8.78 Å². The Morgan fingerprint density at radius 3 is 2.25 bits per heavy atom. The van der Waals surface area contributed by atoms with Gasteiger partial charge in [-0.3, -0.25) is 0 Å². The maximum atomic E-state index is 12.1. The van der Waals surface area contributed by atoms with Crippen molar-refractivity contribution in [1.29, 1.82) is 0 Å². The van der Waals surface area contributed by atoms with Gasteiger partial charge in [-0.2, -0.15) is 8.78 Å². The van der Waals surface area contributed by atoms with Crippen molar-refractivity contribution >= 4 is 11.8 Å². The Bertz CT molecular complexity index is 63.4. The van der Waals surface area contributed by atoms with E-state index in [1.54, 1.807) is 0 Å². The summed E-state index contributed by atoms with van der Waals surface area (Å²) in [5, 5.41) is -2.55. The topological polar surface area (TPSA) is 0 Å². The predicted molar refractivity (Wildman–Crippen MR) is 33.1 cm³/mol. The lowest BCUT2D eigenvalue weighted by atomic mass is 10.5. The smallest absolute Gasteiger partial charge is 0.194 e. The van der Waals surface area contributed by atoms with Gasteiger partial charge in [-0.05, 0) is 12.7 Å². The second-order valence-electron chi connectivity index (χ2n) is 1.34. The molecule has 0 saturated carbocycles. The van der Waals surface area contributed by atoms with Crippen LogP contribution in [0.5, 0.6) is 0 Å². The van der Waals surface area contributed by atoms with E-state index in [1.807, 2.05) is 0 Å². The van der Waals surface area contributed by atoms with E-state index < -0.39 is 5.25 Å². The van der Waals surface area contributed by atoms with Crippen molar-refractivity contribution in [2.45, 2.75) is 18.6 Å². The van der Waals surface area contributed by atoms with Crippen LogP contribution in [0.4, 0.5) is 8.78 Å². The first kappa shape index (κ1) is 8.21. The van der Waals surface area contributed by atoms with Gasteiger partial charge in [-0.15, -0.1) is 0 Å². The van der Waals surface area contributed by atoms with Crippen LogP contribution in [0, 0.1) is 6.92 Å². The zero-order valence-corrected chi connectivity index (χ0v) is 5.60. The van der Waals surface area contributed by atoms with Crippen LogP contribution in [0.2, 0.25) is 0 Å². The molecule has 0 rings (SSSR count). The van der Waals surface area contributed by atoms with Gasteiger partial charge in [0.1, 0.15) is 0 Å². The predicted octanol–water partition coefficient (Wildman–Crippen LogP) is 2.56. The summed E-state index contributed by atoms with van der Waals surface area (Å²) in [6.45, 7) is 4.76. The maximum Gasteiger partial charge on any atom is 0.293 e. The average molecular weight is 139 g/mol. The average Bonchev–Trinajstić information content (AvgIpc) is 1.67. The van der Waals surface area contributed by atoms with Gasteiger partial charge in [0.05, 0.1) is 0 Å². The minimum atomic E-state index is -2.55. The molecule has 1 radical (unpaired) electrons. The molecule has 0 amide bonds. The third-order valence-corrected chi connectivity index (χ3v) is 1.64. The monoisotopic (exact) mass is 139 g/mol. The largest absolute Gasteiger partial charge is 0.293 e. The highest BCUT2D eigenvalue weighted by Gasteiger charge is 2.24. The molecule has 0 aromatic heterocycles. The van der Waals surface area contributed by atoms with Crippen LogP contribution in [0.15, 0.2) is 0 Å². The van der Waals surface area contributed by atoms with Gasteiger partial charge in [0.25, 0.3) is 5.25 Å². The van der Waals surface area contributed by atoms with Crippen LogP contribution in [0.3, 0.4) is 0 Å². The van der Waals surface area contributed by atoms with E-state index in [1.165, 1.54) is 6.92 Å². The molecule has 8 heavy (non-hydrogen) atoms. The Morgan fingerprint density at radius 2 is 2.12 bits per heavy atom. The molecule has 0 saturated heterocycles. The van der Waals surface area contributed by atoms with Crippen LogP contribution in [-0.2, 0) is 0 Å². The molecule has 0 aliphatic rings. The standard InChI is InChI=1S/C5H9F2S/c1-3-5(6,7)8-4-2/h2-4H2,1H3. The Kier molecular flexibility index (Phi) is 3.36. The molecule has 0 aliphatic heterocycles. The molecular weight excluding hydrogens is 130 g/mol. The summed E-state index contributed by atoms with van der Waals surface area (Å²) < 4.78 is 24.2. The van der Waals surface area contributed by atoms with Crippen LogP contribution in [-0.4, -0.2) is 11.0 Å². The number of rotatable bonds is 3. The SMILES string of the molecule is [CH2]CSC(F)(F)CC. The number of hydrogen-bond acceptors (Lipinski definition) is 1. The molecule has 0 spiro atoms. The fraction of sp³-hybridized carbons (Fsp3) is 0.800. The van der Waals surface area contributed by atoms with Crippen molar-refractivity contribution in [2.24, 2.45) is 0 Å². The van der Waals surface area contributed by atoms with Gasteiger partial charge in [0.15, 0.2) is 0 Å². The van der Waals surface area contributed by atoms with E-state index in [4.69, 9.17) is 0 Å². The van der Waals surface area contributed by atoms with Crippen LogP contribution in [0.25, 0.3) is 0 Å². The first-order valence-corrected chi connectivity index (χ1v) is 3.42. The van der Waals surface area contributed by atoms with Crippen molar-refractivity contribution in [1.82, 2.24) is 0 Å². The summed E-state index contributed by atoms with van der Waals surface area (Å²) in [7, 11) is 0. The molecule has 0 unspecified atom stereocenters. The summed E-state index contributed by atoms with van der Waals surface area (Å²) in [5.74, 6) is 0.237. The quantitative estimate of drug-likeness (QED) is 0.579.